The van der Waals surface area contributed by atoms with Crippen LogP contribution < -0.4 is 21.1 Å². The molecule has 0 fully saturated rings. The molecule has 0 aliphatic carbocycles. The molecule has 0 spiro atoms. The van der Waals surface area contributed by atoms with Crippen molar-refractivity contribution in [1.29, 1.82) is 0 Å². The van der Waals surface area contributed by atoms with Gasteiger partial charge in [0.15, 0.2) is 5.76 Å². The number of fused-ring (bicyclic) bond motifs is 1. The lowest BCUT2D eigenvalue weighted by atomic mass is 10.2. The second-order valence-corrected chi connectivity index (χ2v) is 6.32. The summed E-state index contributed by atoms with van der Waals surface area (Å²) in [5.41, 5.74) is 7.70. The Kier molecular flexibility index (Phi) is 6.54. The fourth-order valence-electron chi connectivity index (χ4n) is 2.69. The van der Waals surface area contributed by atoms with E-state index in [2.05, 4.69) is 10.6 Å². The lowest BCUT2D eigenvalue weighted by molar-refractivity contribution is 0.0998. The predicted octanol–water partition coefficient (Wildman–Crippen LogP) is 5.14. The molecule has 3 aromatic carbocycles. The molecule has 7 heteroatoms. The highest BCUT2D eigenvalue weighted by Crippen LogP contribution is 2.25. The summed E-state index contributed by atoms with van der Waals surface area (Å²) in [6, 6.07) is 20.6. The van der Waals surface area contributed by atoms with Crippen molar-refractivity contribution in [2.45, 2.75) is 0 Å². The van der Waals surface area contributed by atoms with E-state index in [4.69, 9.17) is 14.9 Å². The number of para-hydroxylation sites is 1. The van der Waals surface area contributed by atoms with Crippen LogP contribution in [0.3, 0.4) is 0 Å². The van der Waals surface area contributed by atoms with Crippen molar-refractivity contribution in [3.63, 3.8) is 0 Å². The molecule has 0 saturated heterocycles. The molecule has 0 unspecified atom stereocenters. The van der Waals surface area contributed by atoms with E-state index in [9.17, 15) is 9.18 Å². The van der Waals surface area contributed by atoms with Crippen LogP contribution in [0.25, 0.3) is 11.0 Å². The normalized spacial score (nSPS) is 10.1. The summed E-state index contributed by atoms with van der Waals surface area (Å²) in [6.07, 6.45) is 0. The van der Waals surface area contributed by atoms with Crippen LogP contribution in [0.15, 0.2) is 77.2 Å². The topological polar surface area (TPSA) is 89.5 Å². The van der Waals surface area contributed by atoms with Crippen LogP contribution in [0.4, 0.5) is 21.5 Å². The maximum absolute atomic E-state index is 13.2. The molecule has 4 aromatic rings. The van der Waals surface area contributed by atoms with Crippen LogP contribution in [-0.4, -0.2) is 20.1 Å². The van der Waals surface area contributed by atoms with Gasteiger partial charge in [0.25, 0.3) is 5.91 Å². The standard InChI is InChI=1S/C16H14FN3O2.C7H8O/c1-19-11-3-5-14-9(6-11)7-15(22-14)16(21)20-13-8-10(17)2-4-12(13)18;1-8-7-5-3-2-4-6-7/h2-8,19H,18H2,1H3,(H,20,21);2-6H,1H3. The number of nitrogens with one attached hydrogen (secondary N) is 2. The third-order valence-electron chi connectivity index (χ3n) is 4.27. The van der Waals surface area contributed by atoms with E-state index in [1.807, 2.05) is 49.5 Å². The van der Waals surface area contributed by atoms with Crippen molar-refractivity contribution in [3.8, 4) is 5.75 Å². The quantitative estimate of drug-likeness (QED) is 0.408. The Balaban J connectivity index is 0.000000269. The number of nitrogens with two attached hydrogens (primary N) is 1. The van der Waals surface area contributed by atoms with E-state index in [-0.39, 0.29) is 17.1 Å². The number of ether oxygens (including phenoxy) is 1. The summed E-state index contributed by atoms with van der Waals surface area (Å²) < 4.78 is 23.6. The summed E-state index contributed by atoms with van der Waals surface area (Å²) in [6.45, 7) is 0. The van der Waals surface area contributed by atoms with Gasteiger partial charge in [0.2, 0.25) is 0 Å². The van der Waals surface area contributed by atoms with E-state index in [0.29, 0.717) is 5.58 Å². The minimum atomic E-state index is -0.487. The second kappa shape index (κ2) is 9.47. The largest absolute Gasteiger partial charge is 0.497 e. The van der Waals surface area contributed by atoms with Gasteiger partial charge in [-0.25, -0.2) is 4.39 Å². The van der Waals surface area contributed by atoms with Gasteiger partial charge in [0.1, 0.15) is 17.1 Å². The first-order chi connectivity index (χ1) is 14.5. The van der Waals surface area contributed by atoms with Gasteiger partial charge in [0, 0.05) is 18.1 Å². The predicted molar refractivity (Wildman–Crippen MR) is 118 cm³/mol. The number of methoxy groups -OCH3 is 1. The van der Waals surface area contributed by atoms with Crippen molar-refractivity contribution in [2.24, 2.45) is 0 Å². The number of rotatable bonds is 4. The minimum Gasteiger partial charge on any atom is -0.497 e. The first-order valence-corrected chi connectivity index (χ1v) is 9.17. The average molecular weight is 407 g/mol. The van der Waals surface area contributed by atoms with Crippen LogP contribution >= 0.6 is 0 Å². The third-order valence-corrected chi connectivity index (χ3v) is 4.27. The van der Waals surface area contributed by atoms with Crippen molar-refractivity contribution in [3.05, 3.63) is 84.4 Å². The summed E-state index contributed by atoms with van der Waals surface area (Å²) in [5, 5.41) is 6.35. The fraction of sp³-hybridized carbons (Fsp3) is 0.0870. The van der Waals surface area contributed by atoms with Gasteiger partial charge < -0.3 is 25.5 Å². The van der Waals surface area contributed by atoms with Gasteiger partial charge in [-0.2, -0.15) is 0 Å². The zero-order valence-corrected chi connectivity index (χ0v) is 16.6. The summed E-state index contributed by atoms with van der Waals surface area (Å²) in [7, 11) is 3.47. The Morgan fingerprint density at radius 1 is 1.03 bits per heavy atom. The van der Waals surface area contributed by atoms with Crippen LogP contribution in [0.1, 0.15) is 10.6 Å². The van der Waals surface area contributed by atoms with E-state index in [1.165, 1.54) is 12.1 Å². The Labute approximate surface area is 173 Å². The highest BCUT2D eigenvalue weighted by Gasteiger charge is 2.14. The molecule has 154 valence electrons. The molecule has 0 aliphatic heterocycles. The molecule has 0 bridgehead atoms. The van der Waals surface area contributed by atoms with Gasteiger partial charge in [-0.1, -0.05) is 18.2 Å². The minimum absolute atomic E-state index is 0.131. The number of carbonyl (C=O) groups excluding carboxylic acids is 1. The Morgan fingerprint density at radius 2 is 1.80 bits per heavy atom. The van der Waals surface area contributed by atoms with Crippen LogP contribution in [-0.2, 0) is 0 Å². The summed E-state index contributed by atoms with van der Waals surface area (Å²) in [5.74, 6) is 0.0756. The molecule has 1 amide bonds. The molecular weight excluding hydrogens is 385 g/mol. The van der Waals surface area contributed by atoms with Gasteiger partial charge in [-0.15, -0.1) is 0 Å². The van der Waals surface area contributed by atoms with Crippen LogP contribution in [0.5, 0.6) is 5.75 Å². The monoisotopic (exact) mass is 407 g/mol. The third kappa shape index (κ3) is 5.08. The van der Waals surface area contributed by atoms with Crippen molar-refractivity contribution in [1.82, 2.24) is 0 Å². The Hall–Kier alpha value is -4.00. The van der Waals surface area contributed by atoms with Gasteiger partial charge in [-0.05, 0) is 54.6 Å². The van der Waals surface area contributed by atoms with Gasteiger partial charge in [-0.3, -0.25) is 4.79 Å². The smallest absolute Gasteiger partial charge is 0.291 e. The first kappa shape index (κ1) is 20.7. The average Bonchev–Trinajstić information content (AvgIpc) is 3.21. The highest BCUT2D eigenvalue weighted by molar-refractivity contribution is 6.06. The molecule has 1 heterocycles. The number of nitrogen functional groups attached to an aromatic ring is 1. The molecule has 0 saturated carbocycles. The van der Waals surface area contributed by atoms with E-state index < -0.39 is 11.7 Å². The molecule has 4 N–H and O–H groups in total. The zero-order chi connectivity index (χ0) is 21.5. The van der Waals surface area contributed by atoms with Crippen LogP contribution in [0, 0.1) is 5.82 Å². The molecule has 0 aliphatic rings. The molecular formula is C23H22FN3O3. The lowest BCUT2D eigenvalue weighted by Crippen LogP contribution is -2.12. The van der Waals surface area contributed by atoms with E-state index in [0.717, 1.165) is 22.9 Å². The number of halogens is 1. The number of carbonyl (C=O) groups is 1. The number of furan rings is 1. The summed E-state index contributed by atoms with van der Waals surface area (Å²) in [4.78, 5) is 12.2. The number of benzene rings is 3. The van der Waals surface area contributed by atoms with E-state index >= 15 is 0 Å². The van der Waals surface area contributed by atoms with Crippen molar-refractivity contribution in [2.75, 3.05) is 30.5 Å². The molecule has 0 atom stereocenters. The molecule has 4 rings (SSSR count). The second-order valence-electron chi connectivity index (χ2n) is 6.32. The van der Waals surface area contributed by atoms with Gasteiger partial charge in [0.05, 0.1) is 18.5 Å². The summed E-state index contributed by atoms with van der Waals surface area (Å²) >= 11 is 0. The maximum atomic E-state index is 13.2. The SMILES string of the molecule is CNc1ccc2oc(C(=O)Nc3cc(F)ccc3N)cc2c1.COc1ccccc1. The zero-order valence-electron chi connectivity index (χ0n) is 16.6. The van der Waals surface area contributed by atoms with Crippen LogP contribution in [0.2, 0.25) is 0 Å². The number of hydrogen-bond donors (Lipinski definition) is 3. The number of amides is 1. The molecule has 30 heavy (non-hydrogen) atoms. The number of anilines is 3. The van der Waals surface area contributed by atoms with Gasteiger partial charge >= 0.3 is 0 Å². The Morgan fingerprint density at radius 3 is 2.47 bits per heavy atom. The number of hydrogen-bond acceptors (Lipinski definition) is 5. The lowest BCUT2D eigenvalue weighted by Gasteiger charge is -2.06. The molecule has 1 aromatic heterocycles. The van der Waals surface area contributed by atoms with E-state index in [1.54, 1.807) is 19.2 Å². The fourth-order valence-corrected chi connectivity index (χ4v) is 2.69. The Bertz CT molecular complexity index is 1140. The van der Waals surface area contributed by atoms with Crippen molar-refractivity contribution >= 4 is 33.9 Å². The molecule has 0 radical (unpaired) electrons. The highest BCUT2D eigenvalue weighted by atomic mass is 19.1. The van der Waals surface area contributed by atoms with Crippen molar-refractivity contribution < 1.29 is 18.3 Å². The maximum Gasteiger partial charge on any atom is 0.291 e. The molecule has 6 nitrogen and oxygen atoms in total. The first-order valence-electron chi connectivity index (χ1n) is 9.17.